The van der Waals surface area contributed by atoms with Crippen LogP contribution in [-0.2, 0) is 9.47 Å². The van der Waals surface area contributed by atoms with E-state index in [1.54, 1.807) is 18.2 Å². The fraction of sp³-hybridized carbons (Fsp3) is 0.696. The number of hydrogen-bond acceptors (Lipinski definition) is 6. The molecule has 164 valence electrons. The molecule has 0 amide bonds. The Hall–Kier alpha value is -1.79. The first-order valence-electron chi connectivity index (χ1n) is 10.8. The Kier molecular flexibility index (Phi) is 9.24. The Morgan fingerprint density at radius 1 is 0.966 bits per heavy atom. The van der Waals surface area contributed by atoms with Crippen molar-refractivity contribution in [1.82, 2.24) is 0 Å². The lowest BCUT2D eigenvalue weighted by Crippen LogP contribution is -2.46. The molecule has 5 atom stereocenters. The zero-order valence-electron chi connectivity index (χ0n) is 18.3. The average molecular weight is 409 g/mol. The van der Waals surface area contributed by atoms with Gasteiger partial charge in [0.15, 0.2) is 6.29 Å². The van der Waals surface area contributed by atoms with Crippen molar-refractivity contribution in [2.45, 2.75) is 66.3 Å². The number of carbonyl (C=O) groups is 1. The van der Waals surface area contributed by atoms with Crippen molar-refractivity contribution in [3.8, 4) is 11.5 Å². The number of aliphatic hydroxyl groups excluding tert-OH is 1. The SMILES string of the molecule is CCCCOc1cc(OCCC)cc(C(=O)OCC2O[C@H](O)C(C)[C@@H](C)[C@@H]2C)c1. The summed E-state index contributed by atoms with van der Waals surface area (Å²) < 4.78 is 22.6. The number of aliphatic hydroxyl groups is 1. The highest BCUT2D eigenvalue weighted by atomic mass is 16.6. The molecule has 29 heavy (non-hydrogen) atoms. The molecule has 1 aromatic carbocycles. The predicted molar refractivity (Wildman–Crippen MR) is 111 cm³/mol. The molecule has 0 bridgehead atoms. The molecule has 6 nitrogen and oxygen atoms in total. The molecule has 0 radical (unpaired) electrons. The first-order chi connectivity index (χ1) is 13.9. The third-order valence-corrected chi connectivity index (χ3v) is 5.74. The van der Waals surface area contributed by atoms with Gasteiger partial charge in [0.1, 0.15) is 18.1 Å². The van der Waals surface area contributed by atoms with Crippen LogP contribution in [0.15, 0.2) is 18.2 Å². The maximum atomic E-state index is 12.7. The number of ether oxygens (including phenoxy) is 4. The van der Waals surface area contributed by atoms with Crippen LogP contribution in [0, 0.1) is 17.8 Å². The van der Waals surface area contributed by atoms with Crippen molar-refractivity contribution in [2.24, 2.45) is 17.8 Å². The van der Waals surface area contributed by atoms with E-state index in [0.717, 1.165) is 19.3 Å². The summed E-state index contributed by atoms with van der Waals surface area (Å²) in [7, 11) is 0. The van der Waals surface area contributed by atoms with Crippen molar-refractivity contribution < 1.29 is 28.8 Å². The van der Waals surface area contributed by atoms with Crippen molar-refractivity contribution >= 4 is 5.97 Å². The standard InChI is InChI=1S/C23H36O6/c1-6-8-10-27-20-12-18(11-19(13-20)26-9-7-2)23(25)28-14-21-16(4)15(3)17(5)22(24)29-21/h11-13,15-17,21-22,24H,6-10,14H2,1-5H3/t15-,16-,17?,21?,22-/m0/s1. The summed E-state index contributed by atoms with van der Waals surface area (Å²) in [6.45, 7) is 11.5. The summed E-state index contributed by atoms with van der Waals surface area (Å²) in [6, 6.07) is 5.16. The van der Waals surface area contributed by atoms with Crippen molar-refractivity contribution in [3.63, 3.8) is 0 Å². The molecular formula is C23H36O6. The minimum atomic E-state index is -0.839. The maximum absolute atomic E-state index is 12.7. The van der Waals surface area contributed by atoms with Gasteiger partial charge in [-0.25, -0.2) is 4.79 Å². The first kappa shape index (κ1) is 23.5. The third kappa shape index (κ3) is 6.61. The zero-order chi connectivity index (χ0) is 21.4. The number of unbranched alkanes of at least 4 members (excludes halogenated alkanes) is 1. The molecule has 0 aliphatic carbocycles. The van der Waals surface area contributed by atoms with Crippen molar-refractivity contribution in [1.29, 1.82) is 0 Å². The summed E-state index contributed by atoms with van der Waals surface area (Å²) in [5.41, 5.74) is 0.385. The number of rotatable bonds is 10. The van der Waals surface area contributed by atoms with Crippen molar-refractivity contribution in [3.05, 3.63) is 23.8 Å². The van der Waals surface area contributed by atoms with Gasteiger partial charge in [0.2, 0.25) is 0 Å². The second kappa shape index (κ2) is 11.4. The Labute approximate surface area is 174 Å². The largest absolute Gasteiger partial charge is 0.493 e. The maximum Gasteiger partial charge on any atom is 0.338 e. The first-order valence-corrected chi connectivity index (χ1v) is 10.8. The van der Waals surface area contributed by atoms with Crippen LogP contribution in [0.25, 0.3) is 0 Å². The normalized spacial score (nSPS) is 26.8. The fourth-order valence-electron chi connectivity index (χ4n) is 3.35. The molecule has 2 rings (SSSR count). The molecule has 1 saturated heterocycles. The molecular weight excluding hydrogens is 372 g/mol. The summed E-state index contributed by atoms with van der Waals surface area (Å²) in [6.07, 6.45) is 1.67. The van der Waals surface area contributed by atoms with E-state index in [-0.39, 0.29) is 30.5 Å². The van der Waals surface area contributed by atoms with Crippen LogP contribution in [0.4, 0.5) is 0 Å². The lowest BCUT2D eigenvalue weighted by molar-refractivity contribution is -0.232. The van der Waals surface area contributed by atoms with Gasteiger partial charge in [0.25, 0.3) is 0 Å². The fourth-order valence-corrected chi connectivity index (χ4v) is 3.35. The van der Waals surface area contributed by atoms with Gasteiger partial charge < -0.3 is 24.1 Å². The van der Waals surface area contributed by atoms with E-state index in [9.17, 15) is 9.90 Å². The molecule has 1 aliphatic rings. The van der Waals surface area contributed by atoms with Gasteiger partial charge in [0.05, 0.1) is 24.9 Å². The quantitative estimate of drug-likeness (QED) is 0.456. The molecule has 0 aromatic heterocycles. The molecule has 1 N–H and O–H groups in total. The van der Waals surface area contributed by atoms with Crippen LogP contribution in [0.2, 0.25) is 0 Å². The van der Waals surface area contributed by atoms with Gasteiger partial charge >= 0.3 is 5.97 Å². The highest BCUT2D eigenvalue weighted by Gasteiger charge is 2.38. The smallest absolute Gasteiger partial charge is 0.338 e. The van der Waals surface area contributed by atoms with Crippen LogP contribution in [0.1, 0.15) is 64.2 Å². The van der Waals surface area contributed by atoms with E-state index >= 15 is 0 Å². The monoisotopic (exact) mass is 408 g/mol. The average Bonchev–Trinajstić information content (AvgIpc) is 2.72. The van der Waals surface area contributed by atoms with Gasteiger partial charge in [-0.05, 0) is 36.8 Å². The van der Waals surface area contributed by atoms with Crippen LogP contribution < -0.4 is 9.47 Å². The second-order valence-corrected chi connectivity index (χ2v) is 7.98. The highest BCUT2D eigenvalue weighted by molar-refractivity contribution is 5.90. The lowest BCUT2D eigenvalue weighted by Gasteiger charge is -2.41. The Balaban J connectivity index is 2.05. The minimum Gasteiger partial charge on any atom is -0.493 e. The van der Waals surface area contributed by atoms with E-state index in [1.165, 1.54) is 0 Å². The number of carbonyl (C=O) groups excluding carboxylic acids is 1. The molecule has 6 heteroatoms. The Morgan fingerprint density at radius 2 is 1.62 bits per heavy atom. The van der Waals surface area contributed by atoms with Gasteiger partial charge in [0, 0.05) is 12.0 Å². The summed E-state index contributed by atoms with van der Waals surface area (Å²) in [5, 5.41) is 10.1. The van der Waals surface area contributed by atoms with Crippen molar-refractivity contribution in [2.75, 3.05) is 19.8 Å². The zero-order valence-corrected chi connectivity index (χ0v) is 18.3. The molecule has 1 heterocycles. The van der Waals surface area contributed by atoms with E-state index < -0.39 is 12.3 Å². The van der Waals surface area contributed by atoms with Crippen LogP contribution in [0.3, 0.4) is 0 Å². The molecule has 1 aromatic rings. The van der Waals surface area contributed by atoms with Crippen LogP contribution in [-0.4, -0.2) is 43.3 Å². The van der Waals surface area contributed by atoms with E-state index in [0.29, 0.717) is 30.3 Å². The summed E-state index contributed by atoms with van der Waals surface area (Å²) in [5.74, 6) is 1.23. The topological polar surface area (TPSA) is 74.2 Å². The van der Waals surface area contributed by atoms with E-state index in [2.05, 4.69) is 20.8 Å². The summed E-state index contributed by atoms with van der Waals surface area (Å²) in [4.78, 5) is 12.7. The van der Waals surface area contributed by atoms with Crippen LogP contribution in [0.5, 0.6) is 11.5 Å². The highest BCUT2D eigenvalue weighted by Crippen LogP contribution is 2.34. The predicted octanol–water partition coefficient (Wildman–Crippen LogP) is 4.44. The number of benzene rings is 1. The van der Waals surface area contributed by atoms with E-state index in [4.69, 9.17) is 18.9 Å². The number of esters is 1. The molecule has 0 spiro atoms. The minimum absolute atomic E-state index is 0.0483. The number of hydrogen-bond donors (Lipinski definition) is 1. The van der Waals surface area contributed by atoms with Gasteiger partial charge in [-0.2, -0.15) is 0 Å². The van der Waals surface area contributed by atoms with E-state index in [1.807, 2.05) is 13.8 Å². The molecule has 2 unspecified atom stereocenters. The van der Waals surface area contributed by atoms with Gasteiger partial charge in [-0.3, -0.25) is 0 Å². The van der Waals surface area contributed by atoms with Gasteiger partial charge in [-0.1, -0.05) is 41.0 Å². The lowest BCUT2D eigenvalue weighted by atomic mass is 9.79. The molecule has 1 fully saturated rings. The molecule has 1 aliphatic heterocycles. The second-order valence-electron chi connectivity index (χ2n) is 7.98. The Morgan fingerprint density at radius 3 is 2.24 bits per heavy atom. The third-order valence-electron chi connectivity index (χ3n) is 5.74. The molecule has 0 saturated carbocycles. The van der Waals surface area contributed by atoms with Crippen LogP contribution >= 0.6 is 0 Å². The Bertz CT molecular complexity index is 646. The summed E-state index contributed by atoms with van der Waals surface area (Å²) >= 11 is 0. The van der Waals surface area contributed by atoms with Gasteiger partial charge in [-0.15, -0.1) is 0 Å².